The van der Waals surface area contributed by atoms with Gasteiger partial charge in [-0.2, -0.15) is 4.98 Å². The Bertz CT molecular complexity index is 1030. The molecule has 4 rings (SSSR count). The molecular weight excluding hydrogens is 311 g/mol. The Morgan fingerprint density at radius 2 is 1.83 bits per heavy atom. The topological polar surface area (TPSA) is 73.9 Å². The Kier molecular flexibility index (Phi) is 3.38. The van der Waals surface area contributed by atoms with Gasteiger partial charge >= 0.3 is 0 Å². The first-order chi connectivity index (χ1) is 11.7. The van der Waals surface area contributed by atoms with Crippen molar-refractivity contribution >= 4 is 11.0 Å². The molecule has 118 valence electrons. The summed E-state index contributed by atoms with van der Waals surface area (Å²) in [4.78, 5) is 12.7. The van der Waals surface area contributed by atoms with E-state index in [1.807, 2.05) is 12.1 Å². The van der Waals surface area contributed by atoms with Gasteiger partial charge in [0.15, 0.2) is 0 Å². The van der Waals surface area contributed by atoms with Gasteiger partial charge in [-0.3, -0.25) is 9.97 Å². The van der Waals surface area contributed by atoms with E-state index in [-0.39, 0.29) is 11.5 Å². The Labute approximate surface area is 135 Å². The number of hydrogen-bond acceptors (Lipinski definition) is 6. The van der Waals surface area contributed by atoms with Gasteiger partial charge in [0, 0.05) is 24.0 Å². The number of hydrogen-bond donors (Lipinski definition) is 0. The standard InChI is InChI=1S/C17H11FN4O2/c1-23-11-3-4-12(13(18)9-11)17-21-16(22-24-17)10-2-5-14-15(8-10)20-7-6-19-14/h2-9H,1H3. The lowest BCUT2D eigenvalue weighted by molar-refractivity contribution is 0.410. The van der Waals surface area contributed by atoms with Gasteiger partial charge in [0.25, 0.3) is 5.89 Å². The SMILES string of the molecule is COc1ccc(-c2nc(-c3ccc4nccnc4c3)no2)c(F)c1. The number of rotatable bonds is 3. The van der Waals surface area contributed by atoms with Crippen LogP contribution in [0.1, 0.15) is 0 Å². The molecule has 0 aliphatic carbocycles. The van der Waals surface area contributed by atoms with Gasteiger partial charge in [-0.1, -0.05) is 5.16 Å². The number of aromatic nitrogens is 4. The number of nitrogens with zero attached hydrogens (tertiary/aromatic N) is 4. The molecule has 0 radical (unpaired) electrons. The molecule has 2 aromatic heterocycles. The molecule has 0 amide bonds. The Morgan fingerprint density at radius 3 is 2.62 bits per heavy atom. The first-order valence-corrected chi connectivity index (χ1v) is 7.13. The molecule has 6 nitrogen and oxygen atoms in total. The minimum absolute atomic E-state index is 0.101. The molecular formula is C17H11FN4O2. The van der Waals surface area contributed by atoms with Crippen molar-refractivity contribution in [2.75, 3.05) is 7.11 Å². The third-order valence-corrected chi connectivity index (χ3v) is 3.56. The molecule has 7 heteroatoms. The fourth-order valence-corrected chi connectivity index (χ4v) is 2.35. The van der Waals surface area contributed by atoms with Crippen molar-refractivity contribution in [1.29, 1.82) is 0 Å². The van der Waals surface area contributed by atoms with Gasteiger partial charge in [0.05, 0.1) is 23.7 Å². The second-order valence-corrected chi connectivity index (χ2v) is 5.03. The van der Waals surface area contributed by atoms with E-state index in [0.29, 0.717) is 17.1 Å². The van der Waals surface area contributed by atoms with E-state index in [2.05, 4.69) is 20.1 Å². The van der Waals surface area contributed by atoms with Crippen LogP contribution in [-0.4, -0.2) is 27.2 Å². The summed E-state index contributed by atoms with van der Waals surface area (Å²) in [7, 11) is 1.47. The maximum Gasteiger partial charge on any atom is 0.261 e. The van der Waals surface area contributed by atoms with Gasteiger partial charge in [-0.25, -0.2) is 4.39 Å². The zero-order chi connectivity index (χ0) is 16.5. The zero-order valence-corrected chi connectivity index (χ0v) is 12.6. The quantitative estimate of drug-likeness (QED) is 0.575. The van der Waals surface area contributed by atoms with Crippen molar-refractivity contribution in [2.24, 2.45) is 0 Å². The van der Waals surface area contributed by atoms with Crippen LogP contribution in [0.25, 0.3) is 33.9 Å². The van der Waals surface area contributed by atoms with Crippen LogP contribution in [0, 0.1) is 5.82 Å². The summed E-state index contributed by atoms with van der Waals surface area (Å²) in [6.07, 6.45) is 3.24. The molecule has 0 spiro atoms. The second kappa shape index (κ2) is 5.69. The lowest BCUT2D eigenvalue weighted by Crippen LogP contribution is -1.89. The van der Waals surface area contributed by atoms with E-state index >= 15 is 0 Å². The number of fused-ring (bicyclic) bond motifs is 1. The highest BCUT2D eigenvalue weighted by Gasteiger charge is 2.15. The van der Waals surface area contributed by atoms with Gasteiger partial charge < -0.3 is 9.26 Å². The van der Waals surface area contributed by atoms with Gasteiger partial charge in [0.2, 0.25) is 5.82 Å². The van der Waals surface area contributed by atoms with Crippen molar-refractivity contribution < 1.29 is 13.7 Å². The molecule has 0 N–H and O–H groups in total. The monoisotopic (exact) mass is 322 g/mol. The molecule has 0 atom stereocenters. The molecule has 0 saturated heterocycles. The zero-order valence-electron chi connectivity index (χ0n) is 12.6. The van der Waals surface area contributed by atoms with Gasteiger partial charge in [0.1, 0.15) is 11.6 Å². The van der Waals surface area contributed by atoms with Crippen LogP contribution in [0.3, 0.4) is 0 Å². The van der Waals surface area contributed by atoms with E-state index in [0.717, 1.165) is 11.0 Å². The molecule has 0 saturated carbocycles. The number of benzene rings is 2. The Hall–Kier alpha value is -3.35. The minimum Gasteiger partial charge on any atom is -0.497 e. The maximum absolute atomic E-state index is 14.1. The summed E-state index contributed by atoms with van der Waals surface area (Å²) in [5.41, 5.74) is 2.42. The summed E-state index contributed by atoms with van der Waals surface area (Å²) in [5, 5.41) is 3.92. The van der Waals surface area contributed by atoms with E-state index in [1.165, 1.54) is 19.2 Å². The number of halogens is 1. The van der Waals surface area contributed by atoms with Crippen molar-refractivity contribution in [1.82, 2.24) is 20.1 Å². The molecule has 2 aromatic carbocycles. The average Bonchev–Trinajstić information content (AvgIpc) is 3.11. The van der Waals surface area contributed by atoms with Gasteiger partial charge in [-0.15, -0.1) is 0 Å². The van der Waals surface area contributed by atoms with E-state index < -0.39 is 5.82 Å². The van der Waals surface area contributed by atoms with Crippen LogP contribution in [-0.2, 0) is 0 Å². The Morgan fingerprint density at radius 1 is 1.00 bits per heavy atom. The maximum atomic E-state index is 14.1. The van der Waals surface area contributed by atoms with Crippen LogP contribution in [0.5, 0.6) is 5.75 Å². The molecule has 0 bridgehead atoms. The molecule has 0 aliphatic heterocycles. The van der Waals surface area contributed by atoms with Crippen molar-refractivity contribution in [3.8, 4) is 28.6 Å². The lowest BCUT2D eigenvalue weighted by atomic mass is 10.1. The molecule has 4 aromatic rings. The normalized spacial score (nSPS) is 10.9. The fourth-order valence-electron chi connectivity index (χ4n) is 2.35. The van der Waals surface area contributed by atoms with Crippen LogP contribution in [0.2, 0.25) is 0 Å². The van der Waals surface area contributed by atoms with Crippen LogP contribution in [0.15, 0.2) is 53.3 Å². The number of methoxy groups -OCH3 is 1. The van der Waals surface area contributed by atoms with E-state index in [4.69, 9.17) is 9.26 Å². The summed E-state index contributed by atoms with van der Waals surface area (Å²) in [5.74, 6) is 0.384. The third kappa shape index (κ3) is 2.45. The highest BCUT2D eigenvalue weighted by Crippen LogP contribution is 2.27. The summed E-state index contributed by atoms with van der Waals surface area (Å²) >= 11 is 0. The van der Waals surface area contributed by atoms with Crippen molar-refractivity contribution in [3.63, 3.8) is 0 Å². The summed E-state index contributed by atoms with van der Waals surface area (Å²) in [6, 6.07) is 9.88. The summed E-state index contributed by atoms with van der Waals surface area (Å²) < 4.78 is 24.3. The Balaban J connectivity index is 1.73. The summed E-state index contributed by atoms with van der Waals surface area (Å²) in [6.45, 7) is 0. The smallest absolute Gasteiger partial charge is 0.261 e. The highest BCUT2D eigenvalue weighted by atomic mass is 19.1. The van der Waals surface area contributed by atoms with Crippen LogP contribution < -0.4 is 4.74 Å². The van der Waals surface area contributed by atoms with Crippen molar-refractivity contribution in [2.45, 2.75) is 0 Å². The van der Waals surface area contributed by atoms with E-state index in [9.17, 15) is 4.39 Å². The lowest BCUT2D eigenvalue weighted by Gasteiger charge is -2.01. The van der Waals surface area contributed by atoms with E-state index in [1.54, 1.807) is 24.5 Å². The molecule has 0 unspecified atom stereocenters. The second-order valence-electron chi connectivity index (χ2n) is 5.03. The predicted molar refractivity (Wildman–Crippen MR) is 84.8 cm³/mol. The fraction of sp³-hybridized carbons (Fsp3) is 0.0588. The largest absolute Gasteiger partial charge is 0.497 e. The first-order valence-electron chi connectivity index (χ1n) is 7.13. The molecule has 24 heavy (non-hydrogen) atoms. The van der Waals surface area contributed by atoms with Crippen molar-refractivity contribution in [3.05, 3.63) is 54.6 Å². The molecule has 0 fully saturated rings. The van der Waals surface area contributed by atoms with Crippen LogP contribution in [0.4, 0.5) is 4.39 Å². The highest BCUT2D eigenvalue weighted by molar-refractivity contribution is 5.79. The minimum atomic E-state index is -0.492. The predicted octanol–water partition coefficient (Wildman–Crippen LogP) is 3.49. The third-order valence-electron chi connectivity index (χ3n) is 3.56. The first kappa shape index (κ1) is 14.3. The van der Waals surface area contributed by atoms with Gasteiger partial charge in [-0.05, 0) is 30.3 Å². The number of ether oxygens (including phenoxy) is 1. The molecule has 2 heterocycles. The average molecular weight is 322 g/mol. The van der Waals surface area contributed by atoms with Crippen LogP contribution >= 0.6 is 0 Å². The molecule has 0 aliphatic rings.